The van der Waals surface area contributed by atoms with E-state index in [2.05, 4.69) is 4.18 Å². The van der Waals surface area contributed by atoms with Crippen LogP contribution in [0.4, 0.5) is 22.0 Å². The molecule has 0 saturated carbocycles. The quantitative estimate of drug-likeness (QED) is 0.384. The van der Waals surface area contributed by atoms with Crippen LogP contribution < -0.4 is 6.15 Å². The van der Waals surface area contributed by atoms with E-state index in [1.54, 1.807) is 0 Å². The van der Waals surface area contributed by atoms with E-state index >= 15 is 0 Å². The average molecular weight is 295 g/mol. The fourth-order valence-electron chi connectivity index (χ4n) is 0.910. The Bertz CT molecular complexity index is 532. The third-order valence-corrected chi connectivity index (χ3v) is 2.07. The molecule has 0 aliphatic heterocycles. The maximum absolute atomic E-state index is 12.9. The molecule has 0 fully saturated rings. The molecule has 4 N–H and O–H groups in total. The highest BCUT2D eigenvalue weighted by Crippen LogP contribution is 2.23. The third kappa shape index (κ3) is 3.35. The minimum atomic E-state index is -5.06. The first-order valence-corrected chi connectivity index (χ1v) is 5.13. The van der Waals surface area contributed by atoms with E-state index in [9.17, 15) is 30.4 Å². The Morgan fingerprint density at radius 1 is 0.889 bits per heavy atom. The van der Waals surface area contributed by atoms with Crippen molar-refractivity contribution in [2.24, 2.45) is 0 Å². The summed E-state index contributed by atoms with van der Waals surface area (Å²) >= 11 is 0. The number of benzene rings is 1. The van der Waals surface area contributed by atoms with E-state index in [0.29, 0.717) is 0 Å². The topological polar surface area (TPSA) is 98.6 Å². The molecular formula is C7H6F5NO4S. The molecule has 0 aliphatic carbocycles. The molecular weight excluding hydrogens is 289 g/mol. The predicted octanol–water partition coefficient (Wildman–Crippen LogP) is 1.86. The number of rotatable bonds is 3. The van der Waals surface area contributed by atoms with Crippen molar-refractivity contribution in [3.05, 3.63) is 34.6 Å². The van der Waals surface area contributed by atoms with Gasteiger partial charge in [-0.3, -0.25) is 4.55 Å². The van der Waals surface area contributed by atoms with Crippen LogP contribution in [0.2, 0.25) is 0 Å². The highest BCUT2D eigenvalue weighted by atomic mass is 32.3. The van der Waals surface area contributed by atoms with Crippen molar-refractivity contribution < 1.29 is 39.1 Å². The third-order valence-electron chi connectivity index (χ3n) is 1.65. The molecule has 104 valence electrons. The molecule has 0 saturated heterocycles. The summed E-state index contributed by atoms with van der Waals surface area (Å²) in [5.74, 6) is -11.3. The van der Waals surface area contributed by atoms with Gasteiger partial charge in [0.15, 0.2) is 23.3 Å². The molecule has 0 heterocycles. The van der Waals surface area contributed by atoms with Crippen LogP contribution in [0.25, 0.3) is 0 Å². The molecule has 0 atom stereocenters. The average Bonchev–Trinajstić information content (AvgIpc) is 2.22. The lowest BCUT2D eigenvalue weighted by molar-refractivity contribution is 0.245. The second-order valence-electron chi connectivity index (χ2n) is 2.74. The second kappa shape index (κ2) is 5.56. The van der Waals surface area contributed by atoms with Crippen LogP contribution in [0.5, 0.6) is 0 Å². The number of hydrogen-bond acceptors (Lipinski definition) is 4. The molecule has 1 aromatic rings. The Morgan fingerprint density at radius 3 is 1.56 bits per heavy atom. The lowest BCUT2D eigenvalue weighted by Gasteiger charge is -2.07. The van der Waals surface area contributed by atoms with Gasteiger partial charge in [-0.1, -0.05) is 0 Å². The first-order chi connectivity index (χ1) is 7.65. The molecule has 18 heavy (non-hydrogen) atoms. The van der Waals surface area contributed by atoms with Gasteiger partial charge in [0.2, 0.25) is 5.82 Å². The Balaban J connectivity index is 0.00000289. The van der Waals surface area contributed by atoms with E-state index in [-0.39, 0.29) is 6.15 Å². The smallest absolute Gasteiger partial charge is 0.344 e. The summed E-state index contributed by atoms with van der Waals surface area (Å²) in [5.41, 5.74) is -1.50. The largest absolute Gasteiger partial charge is 0.397 e. The van der Waals surface area contributed by atoms with Crippen LogP contribution >= 0.6 is 0 Å². The molecule has 5 nitrogen and oxygen atoms in total. The minimum Gasteiger partial charge on any atom is -0.344 e. The molecule has 1 aromatic carbocycles. The molecule has 0 bridgehead atoms. The zero-order valence-corrected chi connectivity index (χ0v) is 9.20. The lowest BCUT2D eigenvalue weighted by atomic mass is 10.2. The summed E-state index contributed by atoms with van der Waals surface area (Å²) in [5, 5.41) is 0. The van der Waals surface area contributed by atoms with Crippen molar-refractivity contribution in [3.63, 3.8) is 0 Å². The monoisotopic (exact) mass is 295 g/mol. The normalized spacial score (nSPS) is 11.2. The van der Waals surface area contributed by atoms with Gasteiger partial charge in [-0.15, -0.1) is 0 Å². The molecule has 0 spiro atoms. The van der Waals surface area contributed by atoms with Crippen LogP contribution in [-0.2, 0) is 21.2 Å². The predicted molar refractivity (Wildman–Crippen MR) is 47.6 cm³/mol. The SMILES string of the molecule is N.O=S(=O)(O)OCc1c(F)c(F)c(F)c(F)c1F. The maximum Gasteiger partial charge on any atom is 0.397 e. The van der Waals surface area contributed by atoms with Gasteiger partial charge in [0, 0.05) is 0 Å². The van der Waals surface area contributed by atoms with Gasteiger partial charge in [-0.2, -0.15) is 8.42 Å². The molecule has 0 aromatic heterocycles. The van der Waals surface area contributed by atoms with Crippen LogP contribution in [-0.4, -0.2) is 13.0 Å². The van der Waals surface area contributed by atoms with Crippen LogP contribution in [0.1, 0.15) is 5.56 Å². The molecule has 0 radical (unpaired) electrons. The fraction of sp³-hybridized carbons (Fsp3) is 0.143. The van der Waals surface area contributed by atoms with Crippen molar-refractivity contribution >= 4 is 10.4 Å². The Labute approximate surface area is 97.7 Å². The van der Waals surface area contributed by atoms with E-state index in [1.807, 2.05) is 0 Å². The highest BCUT2D eigenvalue weighted by Gasteiger charge is 2.26. The molecule has 1 rings (SSSR count). The first kappa shape index (κ1) is 16.7. The number of hydrogen-bond donors (Lipinski definition) is 2. The van der Waals surface area contributed by atoms with Crippen molar-refractivity contribution in [3.8, 4) is 0 Å². The number of halogens is 5. The van der Waals surface area contributed by atoms with Gasteiger partial charge >= 0.3 is 10.4 Å². The maximum atomic E-state index is 12.9. The van der Waals surface area contributed by atoms with E-state index in [4.69, 9.17) is 4.55 Å². The fourth-order valence-corrected chi connectivity index (χ4v) is 1.18. The van der Waals surface area contributed by atoms with Gasteiger partial charge in [-0.05, 0) is 0 Å². The Hall–Kier alpha value is -1.30. The lowest BCUT2D eigenvalue weighted by Crippen LogP contribution is -2.11. The molecule has 0 amide bonds. The molecule has 0 aliphatic rings. The zero-order valence-electron chi connectivity index (χ0n) is 8.38. The molecule has 11 heteroatoms. The Kier molecular flexibility index (Phi) is 5.16. The van der Waals surface area contributed by atoms with Gasteiger partial charge in [-0.25, -0.2) is 26.1 Å². The van der Waals surface area contributed by atoms with Gasteiger partial charge < -0.3 is 6.15 Å². The second-order valence-corrected chi connectivity index (χ2v) is 3.83. The van der Waals surface area contributed by atoms with Gasteiger partial charge in [0.25, 0.3) is 0 Å². The van der Waals surface area contributed by atoms with Crippen molar-refractivity contribution in [1.82, 2.24) is 6.15 Å². The highest BCUT2D eigenvalue weighted by molar-refractivity contribution is 7.80. The van der Waals surface area contributed by atoms with Crippen molar-refractivity contribution in [2.45, 2.75) is 6.61 Å². The summed E-state index contributed by atoms with van der Waals surface area (Å²) in [6.07, 6.45) is 0. The van der Waals surface area contributed by atoms with E-state index in [0.717, 1.165) is 0 Å². The van der Waals surface area contributed by atoms with Crippen molar-refractivity contribution in [1.29, 1.82) is 0 Å². The van der Waals surface area contributed by atoms with Gasteiger partial charge in [0.1, 0.15) is 0 Å². The van der Waals surface area contributed by atoms with Crippen molar-refractivity contribution in [2.75, 3.05) is 0 Å². The van der Waals surface area contributed by atoms with E-state index < -0.39 is 51.7 Å². The van der Waals surface area contributed by atoms with Crippen LogP contribution in [0.15, 0.2) is 0 Å². The summed E-state index contributed by atoms with van der Waals surface area (Å²) in [6, 6.07) is 0. The minimum absolute atomic E-state index is 0. The summed E-state index contributed by atoms with van der Waals surface area (Å²) in [6.45, 7) is -1.52. The van der Waals surface area contributed by atoms with Crippen LogP contribution in [0.3, 0.4) is 0 Å². The summed E-state index contributed by atoms with van der Waals surface area (Å²) in [7, 11) is -5.06. The standard InChI is InChI=1S/C7H3F5O4S.H3N/c8-3-2(1-16-17(13,14)15)4(9)6(11)7(12)5(3)10;/h1H2,(H,13,14,15);1H3. The molecule has 0 unspecified atom stereocenters. The van der Waals surface area contributed by atoms with Crippen LogP contribution in [0, 0.1) is 29.1 Å². The first-order valence-electron chi connectivity index (χ1n) is 3.77. The summed E-state index contributed by atoms with van der Waals surface area (Å²) in [4.78, 5) is 0. The van der Waals surface area contributed by atoms with Gasteiger partial charge in [0.05, 0.1) is 12.2 Å². The van der Waals surface area contributed by atoms with E-state index in [1.165, 1.54) is 0 Å². The Morgan fingerprint density at radius 2 is 1.22 bits per heavy atom. The zero-order chi connectivity index (χ0) is 13.4. The summed E-state index contributed by atoms with van der Waals surface area (Å²) < 4.78 is 95.3.